The van der Waals surface area contributed by atoms with Gasteiger partial charge in [-0.2, -0.15) is 0 Å². The second kappa shape index (κ2) is 7.45. The molecule has 0 saturated carbocycles. The van der Waals surface area contributed by atoms with Crippen LogP contribution in [-0.4, -0.2) is 60.1 Å². The molecule has 0 radical (unpaired) electrons. The lowest BCUT2D eigenvalue weighted by Gasteiger charge is -2.48. The minimum Gasteiger partial charge on any atom is -0.395 e. The van der Waals surface area contributed by atoms with Crippen molar-refractivity contribution in [3.8, 4) is 0 Å². The Morgan fingerprint density at radius 3 is 2.70 bits per heavy atom. The van der Waals surface area contributed by atoms with Gasteiger partial charge in [0.2, 0.25) is 5.91 Å². The predicted molar refractivity (Wildman–Crippen MR) is 91.2 cm³/mol. The third-order valence-electron chi connectivity index (χ3n) is 5.42. The highest BCUT2D eigenvalue weighted by molar-refractivity contribution is 5.77. The molecule has 2 saturated heterocycles. The summed E-state index contributed by atoms with van der Waals surface area (Å²) in [4.78, 5) is 16.8. The van der Waals surface area contributed by atoms with Gasteiger partial charge in [-0.1, -0.05) is 30.3 Å². The van der Waals surface area contributed by atoms with Crippen molar-refractivity contribution in [1.82, 2.24) is 9.80 Å². The molecule has 2 heterocycles. The van der Waals surface area contributed by atoms with Crippen molar-refractivity contribution in [2.24, 2.45) is 5.41 Å². The number of hydrogen-bond acceptors (Lipinski definition) is 3. The number of aliphatic hydroxyl groups is 1. The Hall–Kier alpha value is -1.39. The molecule has 4 nitrogen and oxygen atoms in total. The van der Waals surface area contributed by atoms with Crippen molar-refractivity contribution in [3.63, 3.8) is 0 Å². The fourth-order valence-corrected chi connectivity index (χ4v) is 4.19. The molecule has 23 heavy (non-hydrogen) atoms. The van der Waals surface area contributed by atoms with Crippen LogP contribution in [-0.2, 0) is 11.2 Å². The third kappa shape index (κ3) is 4.12. The molecule has 1 atom stereocenters. The van der Waals surface area contributed by atoms with Crippen molar-refractivity contribution in [1.29, 1.82) is 0 Å². The molecule has 4 heteroatoms. The summed E-state index contributed by atoms with van der Waals surface area (Å²) in [6.45, 7) is 4.82. The van der Waals surface area contributed by atoms with Crippen LogP contribution in [0.1, 0.15) is 31.2 Å². The minimum atomic E-state index is 0.229. The fraction of sp³-hybridized carbons (Fsp3) is 0.632. The molecule has 2 fully saturated rings. The fourth-order valence-electron chi connectivity index (χ4n) is 4.19. The van der Waals surface area contributed by atoms with Gasteiger partial charge in [-0.3, -0.25) is 4.79 Å². The maximum atomic E-state index is 12.3. The number of carbonyl (C=O) groups excluding carboxylic acids is 1. The average molecular weight is 316 g/mol. The number of likely N-dealkylation sites (tertiary alicyclic amines) is 2. The van der Waals surface area contributed by atoms with Gasteiger partial charge in [0, 0.05) is 38.0 Å². The standard InChI is InChI=1S/C19H28N2O2/c22-14-13-20-11-4-9-19(15-20)10-7-18(23)21(16-19)12-8-17-5-2-1-3-6-17/h1-3,5-6,22H,4,7-16H2. The number of piperidine rings is 2. The maximum Gasteiger partial charge on any atom is 0.222 e. The summed E-state index contributed by atoms with van der Waals surface area (Å²) in [5, 5.41) is 9.20. The first-order valence-electron chi connectivity index (χ1n) is 8.86. The second-order valence-electron chi connectivity index (χ2n) is 7.15. The predicted octanol–water partition coefficient (Wildman–Crippen LogP) is 1.93. The second-order valence-corrected chi connectivity index (χ2v) is 7.15. The van der Waals surface area contributed by atoms with E-state index in [1.54, 1.807) is 0 Å². The first kappa shape index (κ1) is 16.5. The van der Waals surface area contributed by atoms with Gasteiger partial charge in [-0.05, 0) is 37.8 Å². The summed E-state index contributed by atoms with van der Waals surface area (Å²) < 4.78 is 0. The molecule has 1 spiro atoms. The lowest BCUT2D eigenvalue weighted by molar-refractivity contribution is -0.139. The maximum absolute atomic E-state index is 12.3. The molecule has 0 aromatic heterocycles. The first-order valence-corrected chi connectivity index (χ1v) is 8.86. The zero-order valence-electron chi connectivity index (χ0n) is 13.9. The van der Waals surface area contributed by atoms with Crippen LogP contribution in [0.2, 0.25) is 0 Å². The number of nitrogens with zero attached hydrogens (tertiary/aromatic N) is 2. The molecular weight excluding hydrogens is 288 g/mol. The Balaban J connectivity index is 1.61. The largest absolute Gasteiger partial charge is 0.395 e. The number of carbonyl (C=O) groups is 1. The average Bonchev–Trinajstić information content (AvgIpc) is 2.58. The molecule has 1 aromatic rings. The van der Waals surface area contributed by atoms with Crippen molar-refractivity contribution >= 4 is 5.91 Å². The van der Waals surface area contributed by atoms with E-state index in [9.17, 15) is 9.90 Å². The smallest absolute Gasteiger partial charge is 0.222 e. The summed E-state index contributed by atoms with van der Waals surface area (Å²) in [6, 6.07) is 10.4. The van der Waals surface area contributed by atoms with Crippen LogP contribution in [0.5, 0.6) is 0 Å². The van der Waals surface area contributed by atoms with Gasteiger partial charge in [0.25, 0.3) is 0 Å². The number of amides is 1. The summed E-state index contributed by atoms with van der Waals surface area (Å²) in [6.07, 6.45) is 5.02. The van der Waals surface area contributed by atoms with E-state index < -0.39 is 0 Å². The molecule has 1 aromatic carbocycles. The van der Waals surface area contributed by atoms with E-state index in [0.717, 1.165) is 45.6 Å². The van der Waals surface area contributed by atoms with E-state index in [-0.39, 0.29) is 12.0 Å². The van der Waals surface area contributed by atoms with E-state index in [1.165, 1.54) is 18.4 Å². The first-order chi connectivity index (χ1) is 11.2. The number of β-amino-alcohol motifs (C(OH)–C–C–N with tert-alkyl or cyclic N) is 1. The Labute approximate surface area is 139 Å². The van der Waals surface area contributed by atoms with Crippen LogP contribution in [0.3, 0.4) is 0 Å². The van der Waals surface area contributed by atoms with E-state index in [1.807, 2.05) is 6.07 Å². The molecule has 126 valence electrons. The third-order valence-corrected chi connectivity index (χ3v) is 5.42. The van der Waals surface area contributed by atoms with Crippen molar-refractivity contribution in [3.05, 3.63) is 35.9 Å². The molecular formula is C19H28N2O2. The van der Waals surface area contributed by atoms with Gasteiger partial charge in [0.15, 0.2) is 0 Å². The minimum absolute atomic E-state index is 0.229. The summed E-state index contributed by atoms with van der Waals surface area (Å²) >= 11 is 0. The Kier molecular flexibility index (Phi) is 5.34. The van der Waals surface area contributed by atoms with Gasteiger partial charge >= 0.3 is 0 Å². The molecule has 0 aliphatic carbocycles. The van der Waals surface area contributed by atoms with E-state index in [4.69, 9.17) is 0 Å². The summed E-state index contributed by atoms with van der Waals surface area (Å²) in [7, 11) is 0. The van der Waals surface area contributed by atoms with Gasteiger partial charge in [-0.15, -0.1) is 0 Å². The monoisotopic (exact) mass is 316 g/mol. The Morgan fingerprint density at radius 2 is 1.91 bits per heavy atom. The normalized spacial score (nSPS) is 26.0. The van der Waals surface area contributed by atoms with Crippen molar-refractivity contribution in [2.45, 2.75) is 32.1 Å². The SMILES string of the molecule is O=C1CCC2(CCCN(CCO)C2)CN1CCc1ccccc1. The highest BCUT2D eigenvalue weighted by atomic mass is 16.3. The van der Waals surface area contributed by atoms with E-state index in [2.05, 4.69) is 34.1 Å². The van der Waals surface area contributed by atoms with Crippen molar-refractivity contribution in [2.75, 3.05) is 39.3 Å². The molecule has 2 aliphatic heterocycles. The highest BCUT2D eigenvalue weighted by Gasteiger charge is 2.41. The summed E-state index contributed by atoms with van der Waals surface area (Å²) in [5.74, 6) is 0.311. The van der Waals surface area contributed by atoms with E-state index >= 15 is 0 Å². The molecule has 1 N–H and O–H groups in total. The van der Waals surface area contributed by atoms with Crippen LogP contribution >= 0.6 is 0 Å². The van der Waals surface area contributed by atoms with Crippen LogP contribution in [0.15, 0.2) is 30.3 Å². The van der Waals surface area contributed by atoms with Crippen LogP contribution in [0.4, 0.5) is 0 Å². The Bertz CT molecular complexity index is 517. The van der Waals surface area contributed by atoms with Gasteiger partial charge in [-0.25, -0.2) is 0 Å². The van der Waals surface area contributed by atoms with Gasteiger partial charge < -0.3 is 14.9 Å². The number of benzene rings is 1. The van der Waals surface area contributed by atoms with Gasteiger partial charge in [0.1, 0.15) is 0 Å². The zero-order valence-corrected chi connectivity index (χ0v) is 13.9. The van der Waals surface area contributed by atoms with Crippen LogP contribution in [0.25, 0.3) is 0 Å². The molecule has 3 rings (SSSR count). The van der Waals surface area contributed by atoms with Crippen molar-refractivity contribution < 1.29 is 9.90 Å². The Morgan fingerprint density at radius 1 is 1.09 bits per heavy atom. The number of hydrogen-bond donors (Lipinski definition) is 1. The molecule has 1 unspecified atom stereocenters. The lowest BCUT2D eigenvalue weighted by Crippen LogP contribution is -2.54. The zero-order chi connectivity index (χ0) is 16.1. The van der Waals surface area contributed by atoms with E-state index in [0.29, 0.717) is 12.3 Å². The number of rotatable bonds is 5. The van der Waals surface area contributed by atoms with Crippen LogP contribution in [0, 0.1) is 5.41 Å². The quantitative estimate of drug-likeness (QED) is 0.903. The number of aliphatic hydroxyl groups excluding tert-OH is 1. The lowest BCUT2D eigenvalue weighted by atomic mass is 9.73. The molecule has 0 bridgehead atoms. The highest BCUT2D eigenvalue weighted by Crippen LogP contribution is 2.38. The van der Waals surface area contributed by atoms with Gasteiger partial charge in [0.05, 0.1) is 6.61 Å². The molecule has 2 aliphatic rings. The summed E-state index contributed by atoms with van der Waals surface area (Å²) in [5.41, 5.74) is 1.54. The topological polar surface area (TPSA) is 43.8 Å². The van der Waals surface area contributed by atoms with Crippen LogP contribution < -0.4 is 0 Å². The molecule has 1 amide bonds.